The van der Waals surface area contributed by atoms with Crippen molar-refractivity contribution in [3.8, 4) is 0 Å². The van der Waals surface area contributed by atoms with E-state index < -0.39 is 0 Å². The summed E-state index contributed by atoms with van der Waals surface area (Å²) in [6, 6.07) is 0.178. The standard InChI is InChI=1S/C7H14N2O2/c10-7-5-11-4-6(7)9-3-1-2-8-9/h6-8,10H,1-5H2. The molecule has 0 amide bonds. The van der Waals surface area contributed by atoms with Crippen LogP contribution in [0.15, 0.2) is 0 Å². The molecule has 2 unspecified atom stereocenters. The number of hydrazine groups is 1. The Hall–Kier alpha value is -0.160. The molecule has 2 rings (SSSR count). The molecule has 0 aromatic heterocycles. The van der Waals surface area contributed by atoms with Crippen LogP contribution in [0.4, 0.5) is 0 Å². The SMILES string of the molecule is OC1COCC1N1CCCN1. The van der Waals surface area contributed by atoms with Crippen LogP contribution in [0.3, 0.4) is 0 Å². The molecule has 0 spiro atoms. The summed E-state index contributed by atoms with van der Waals surface area (Å²) in [4.78, 5) is 0. The topological polar surface area (TPSA) is 44.7 Å². The first kappa shape index (κ1) is 7.49. The van der Waals surface area contributed by atoms with Gasteiger partial charge in [-0.25, -0.2) is 5.01 Å². The molecule has 0 bridgehead atoms. The number of ether oxygens (including phenoxy) is 1. The highest BCUT2D eigenvalue weighted by Gasteiger charge is 2.32. The summed E-state index contributed by atoms with van der Waals surface area (Å²) in [5.41, 5.74) is 3.22. The monoisotopic (exact) mass is 158 g/mol. The number of hydrogen-bond donors (Lipinski definition) is 2. The first-order chi connectivity index (χ1) is 5.38. The third-order valence-corrected chi connectivity index (χ3v) is 2.31. The van der Waals surface area contributed by atoms with Gasteiger partial charge in [-0.1, -0.05) is 0 Å². The number of hydrogen-bond acceptors (Lipinski definition) is 4. The van der Waals surface area contributed by atoms with Crippen molar-refractivity contribution in [2.75, 3.05) is 26.3 Å². The van der Waals surface area contributed by atoms with Gasteiger partial charge in [-0.2, -0.15) is 0 Å². The third-order valence-electron chi connectivity index (χ3n) is 2.31. The minimum Gasteiger partial charge on any atom is -0.389 e. The van der Waals surface area contributed by atoms with E-state index in [1.165, 1.54) is 6.42 Å². The molecule has 0 radical (unpaired) electrons. The van der Waals surface area contributed by atoms with E-state index in [1.807, 2.05) is 0 Å². The highest BCUT2D eigenvalue weighted by molar-refractivity contribution is 4.83. The van der Waals surface area contributed by atoms with Gasteiger partial charge >= 0.3 is 0 Å². The lowest BCUT2D eigenvalue weighted by molar-refractivity contribution is 0.0712. The van der Waals surface area contributed by atoms with Gasteiger partial charge in [-0.3, -0.25) is 5.43 Å². The predicted molar refractivity (Wildman–Crippen MR) is 39.9 cm³/mol. The highest BCUT2D eigenvalue weighted by Crippen LogP contribution is 2.13. The van der Waals surface area contributed by atoms with E-state index in [0.29, 0.717) is 13.2 Å². The second-order valence-electron chi connectivity index (χ2n) is 3.13. The highest BCUT2D eigenvalue weighted by atomic mass is 16.5. The molecular formula is C7H14N2O2. The second-order valence-corrected chi connectivity index (χ2v) is 3.13. The maximum atomic E-state index is 9.44. The fourth-order valence-electron chi connectivity index (χ4n) is 1.66. The van der Waals surface area contributed by atoms with Crippen LogP contribution in [0.25, 0.3) is 0 Å². The zero-order valence-electron chi connectivity index (χ0n) is 6.49. The van der Waals surface area contributed by atoms with Gasteiger partial charge < -0.3 is 9.84 Å². The Morgan fingerprint density at radius 3 is 2.91 bits per heavy atom. The van der Waals surface area contributed by atoms with Crippen molar-refractivity contribution >= 4 is 0 Å². The largest absolute Gasteiger partial charge is 0.389 e. The Bertz CT molecular complexity index is 136. The third kappa shape index (κ3) is 1.39. The van der Waals surface area contributed by atoms with E-state index >= 15 is 0 Å². The van der Waals surface area contributed by atoms with E-state index in [2.05, 4.69) is 10.4 Å². The lowest BCUT2D eigenvalue weighted by Gasteiger charge is -2.24. The lowest BCUT2D eigenvalue weighted by atomic mass is 10.2. The van der Waals surface area contributed by atoms with E-state index in [-0.39, 0.29) is 12.1 Å². The van der Waals surface area contributed by atoms with E-state index in [9.17, 15) is 5.11 Å². The Morgan fingerprint density at radius 2 is 2.36 bits per heavy atom. The molecule has 4 nitrogen and oxygen atoms in total. The normalized spacial score (nSPS) is 40.1. The van der Waals surface area contributed by atoms with Crippen molar-refractivity contribution in [1.82, 2.24) is 10.4 Å². The first-order valence-corrected chi connectivity index (χ1v) is 4.14. The van der Waals surface area contributed by atoms with Gasteiger partial charge in [0, 0.05) is 13.1 Å². The molecule has 2 aliphatic heterocycles. The molecule has 0 aliphatic carbocycles. The number of aliphatic hydroxyl groups is 1. The molecule has 0 aromatic carbocycles. The average molecular weight is 158 g/mol. The number of aliphatic hydroxyl groups excluding tert-OH is 1. The summed E-state index contributed by atoms with van der Waals surface area (Å²) in [7, 11) is 0. The zero-order chi connectivity index (χ0) is 7.68. The maximum Gasteiger partial charge on any atom is 0.0964 e. The summed E-state index contributed by atoms with van der Waals surface area (Å²) in [6.45, 7) is 3.21. The van der Waals surface area contributed by atoms with Crippen LogP contribution in [-0.4, -0.2) is 48.6 Å². The molecule has 2 atom stereocenters. The van der Waals surface area contributed by atoms with Gasteiger partial charge in [-0.15, -0.1) is 0 Å². The van der Waals surface area contributed by atoms with Crippen LogP contribution in [0.2, 0.25) is 0 Å². The van der Waals surface area contributed by atoms with Crippen molar-refractivity contribution in [2.45, 2.75) is 18.6 Å². The van der Waals surface area contributed by atoms with Crippen LogP contribution in [0, 0.1) is 0 Å². The minimum absolute atomic E-state index is 0.178. The van der Waals surface area contributed by atoms with Gasteiger partial charge in [0.2, 0.25) is 0 Å². The summed E-state index contributed by atoms with van der Waals surface area (Å²) in [6.07, 6.45) is 0.865. The summed E-state index contributed by atoms with van der Waals surface area (Å²) in [5.74, 6) is 0. The molecule has 2 aliphatic rings. The molecule has 2 saturated heterocycles. The van der Waals surface area contributed by atoms with Gasteiger partial charge in [0.15, 0.2) is 0 Å². The van der Waals surface area contributed by atoms with Crippen molar-refractivity contribution in [1.29, 1.82) is 0 Å². The van der Waals surface area contributed by atoms with E-state index in [0.717, 1.165) is 13.1 Å². The van der Waals surface area contributed by atoms with Crippen molar-refractivity contribution < 1.29 is 9.84 Å². The number of nitrogens with one attached hydrogen (secondary N) is 1. The van der Waals surface area contributed by atoms with Crippen LogP contribution < -0.4 is 5.43 Å². The van der Waals surface area contributed by atoms with Crippen molar-refractivity contribution in [2.24, 2.45) is 0 Å². The Labute approximate surface area is 66.1 Å². The quantitative estimate of drug-likeness (QED) is 0.511. The van der Waals surface area contributed by atoms with Gasteiger partial charge in [0.25, 0.3) is 0 Å². The van der Waals surface area contributed by atoms with Gasteiger partial charge in [0.05, 0.1) is 25.4 Å². The molecule has 64 valence electrons. The lowest BCUT2D eigenvalue weighted by Crippen LogP contribution is -2.46. The van der Waals surface area contributed by atoms with Crippen LogP contribution in [0.1, 0.15) is 6.42 Å². The molecule has 0 saturated carbocycles. The average Bonchev–Trinajstić information content (AvgIpc) is 2.55. The molecule has 11 heavy (non-hydrogen) atoms. The predicted octanol–water partition coefficient (Wildman–Crippen LogP) is -1.04. The number of nitrogens with zero attached hydrogens (tertiary/aromatic N) is 1. The van der Waals surface area contributed by atoms with E-state index in [1.54, 1.807) is 0 Å². The zero-order valence-corrected chi connectivity index (χ0v) is 6.49. The van der Waals surface area contributed by atoms with Crippen LogP contribution >= 0.6 is 0 Å². The smallest absolute Gasteiger partial charge is 0.0964 e. The molecule has 2 fully saturated rings. The Kier molecular flexibility index (Phi) is 2.09. The first-order valence-electron chi connectivity index (χ1n) is 4.14. The minimum atomic E-state index is -0.305. The molecule has 0 aromatic rings. The van der Waals surface area contributed by atoms with Crippen molar-refractivity contribution in [3.63, 3.8) is 0 Å². The number of rotatable bonds is 1. The van der Waals surface area contributed by atoms with E-state index in [4.69, 9.17) is 4.74 Å². The van der Waals surface area contributed by atoms with Crippen molar-refractivity contribution in [3.05, 3.63) is 0 Å². The summed E-state index contributed by atoms with van der Waals surface area (Å²) >= 11 is 0. The Morgan fingerprint density at radius 1 is 1.45 bits per heavy atom. The fraction of sp³-hybridized carbons (Fsp3) is 1.00. The van der Waals surface area contributed by atoms with Crippen LogP contribution in [0.5, 0.6) is 0 Å². The summed E-state index contributed by atoms with van der Waals surface area (Å²) in [5, 5.41) is 11.5. The van der Waals surface area contributed by atoms with Crippen LogP contribution in [-0.2, 0) is 4.74 Å². The Balaban J connectivity index is 1.92. The van der Waals surface area contributed by atoms with Gasteiger partial charge in [-0.05, 0) is 6.42 Å². The second kappa shape index (κ2) is 3.06. The summed E-state index contributed by atoms with van der Waals surface area (Å²) < 4.78 is 5.15. The molecular weight excluding hydrogens is 144 g/mol. The molecule has 4 heteroatoms. The molecule has 2 N–H and O–H groups in total. The molecule has 2 heterocycles. The fourth-order valence-corrected chi connectivity index (χ4v) is 1.66. The maximum absolute atomic E-state index is 9.44. The van der Waals surface area contributed by atoms with Gasteiger partial charge in [0.1, 0.15) is 0 Å².